The molecule has 8 aromatic carbocycles. The summed E-state index contributed by atoms with van der Waals surface area (Å²) in [6.45, 7) is 0. The van der Waals surface area contributed by atoms with E-state index in [0.29, 0.717) is 0 Å². The average molecular weight is 675 g/mol. The number of para-hydroxylation sites is 2. The maximum Gasteiger partial charge on any atom is 0.0788 e. The van der Waals surface area contributed by atoms with Crippen molar-refractivity contribution < 1.29 is 0 Å². The van der Waals surface area contributed by atoms with Crippen LogP contribution in [0.1, 0.15) is 22.3 Å². The van der Waals surface area contributed by atoms with Gasteiger partial charge in [-0.05, 0) is 87.0 Å². The predicted molar refractivity (Wildman–Crippen MR) is 220 cm³/mol. The zero-order chi connectivity index (χ0) is 34.9. The Morgan fingerprint density at radius 1 is 0.377 bits per heavy atom. The second-order valence-corrected chi connectivity index (χ2v) is 14.1. The minimum atomic E-state index is -0.424. The normalized spacial score (nSPS) is 13.1. The largest absolute Gasteiger partial charge is 0.315 e. The van der Waals surface area contributed by atoms with E-state index in [9.17, 15) is 0 Å². The number of rotatable bonds is 5. The standard InChI is InChI=1S/C51H34N2/c1-4-14-38(15-5-1)51(39-16-6-2-7-17-39)46-22-12-10-20-42(46)43-30-27-37(34-47(43)51)35-24-28-41(29-25-35)53-48-23-13-11-21-44(48)45-31-26-36-32-33-52(49(36)50(45)53)40-18-8-3-9-19-40/h1-34H. The fourth-order valence-corrected chi connectivity index (χ4v) is 9.17. The van der Waals surface area contributed by atoms with Crippen LogP contribution in [0.15, 0.2) is 206 Å². The lowest BCUT2D eigenvalue weighted by Gasteiger charge is -2.34. The van der Waals surface area contributed by atoms with Crippen molar-refractivity contribution in [2.24, 2.45) is 0 Å². The minimum absolute atomic E-state index is 0.424. The van der Waals surface area contributed by atoms with Crippen molar-refractivity contribution in [2.45, 2.75) is 5.41 Å². The molecule has 0 atom stereocenters. The summed E-state index contributed by atoms with van der Waals surface area (Å²) in [5.41, 5.74) is 15.7. The molecular weight excluding hydrogens is 641 g/mol. The van der Waals surface area contributed by atoms with Crippen LogP contribution in [-0.2, 0) is 5.41 Å². The fraction of sp³-hybridized carbons (Fsp3) is 0.0196. The third-order valence-electron chi connectivity index (χ3n) is 11.4. The summed E-state index contributed by atoms with van der Waals surface area (Å²) < 4.78 is 4.78. The first-order valence-corrected chi connectivity index (χ1v) is 18.4. The molecule has 53 heavy (non-hydrogen) atoms. The van der Waals surface area contributed by atoms with Crippen LogP contribution in [0.3, 0.4) is 0 Å². The summed E-state index contributed by atoms with van der Waals surface area (Å²) in [5, 5.41) is 3.73. The van der Waals surface area contributed by atoms with E-state index in [1.165, 1.54) is 77.2 Å². The maximum absolute atomic E-state index is 2.45. The van der Waals surface area contributed by atoms with Gasteiger partial charge < -0.3 is 9.13 Å². The number of fused-ring (bicyclic) bond motifs is 8. The molecule has 248 valence electrons. The number of hydrogen-bond donors (Lipinski definition) is 0. The van der Waals surface area contributed by atoms with Gasteiger partial charge >= 0.3 is 0 Å². The molecule has 0 saturated carbocycles. The van der Waals surface area contributed by atoms with Gasteiger partial charge in [0.25, 0.3) is 0 Å². The molecule has 0 saturated heterocycles. The van der Waals surface area contributed by atoms with Crippen LogP contribution in [0, 0.1) is 0 Å². The van der Waals surface area contributed by atoms with E-state index in [0.717, 1.165) is 11.4 Å². The van der Waals surface area contributed by atoms with Gasteiger partial charge in [-0.15, -0.1) is 0 Å². The highest BCUT2D eigenvalue weighted by atomic mass is 15.0. The van der Waals surface area contributed by atoms with Gasteiger partial charge in [0.1, 0.15) is 0 Å². The molecule has 11 rings (SSSR count). The third-order valence-corrected chi connectivity index (χ3v) is 11.4. The van der Waals surface area contributed by atoms with Crippen LogP contribution in [0.4, 0.5) is 0 Å². The molecule has 2 aromatic heterocycles. The first-order valence-electron chi connectivity index (χ1n) is 18.4. The van der Waals surface area contributed by atoms with Crippen molar-refractivity contribution >= 4 is 32.7 Å². The molecule has 0 spiro atoms. The second kappa shape index (κ2) is 11.6. The van der Waals surface area contributed by atoms with E-state index < -0.39 is 5.41 Å². The summed E-state index contributed by atoms with van der Waals surface area (Å²) in [5.74, 6) is 0. The first-order chi connectivity index (χ1) is 26.3. The smallest absolute Gasteiger partial charge is 0.0788 e. The Labute approximate surface area is 308 Å². The fourth-order valence-electron chi connectivity index (χ4n) is 9.17. The molecule has 2 nitrogen and oxygen atoms in total. The summed E-state index contributed by atoms with van der Waals surface area (Å²) in [6, 6.07) is 73.5. The van der Waals surface area contributed by atoms with Gasteiger partial charge in [0.05, 0.1) is 22.0 Å². The Kier molecular flexibility index (Phi) is 6.50. The molecule has 0 aliphatic heterocycles. The molecule has 0 amide bonds. The molecule has 2 heteroatoms. The van der Waals surface area contributed by atoms with E-state index in [1.54, 1.807) is 0 Å². The van der Waals surface area contributed by atoms with Crippen LogP contribution in [-0.4, -0.2) is 9.13 Å². The highest BCUT2D eigenvalue weighted by Crippen LogP contribution is 2.56. The maximum atomic E-state index is 2.45. The second-order valence-electron chi connectivity index (χ2n) is 14.1. The van der Waals surface area contributed by atoms with Crippen LogP contribution in [0.5, 0.6) is 0 Å². The highest BCUT2D eigenvalue weighted by Gasteiger charge is 2.46. The summed E-state index contributed by atoms with van der Waals surface area (Å²) in [7, 11) is 0. The van der Waals surface area contributed by atoms with Crippen LogP contribution < -0.4 is 0 Å². The third kappa shape index (κ3) is 4.27. The molecule has 1 aliphatic rings. The zero-order valence-electron chi connectivity index (χ0n) is 29.0. The Hall–Kier alpha value is -6.90. The predicted octanol–water partition coefficient (Wildman–Crippen LogP) is 12.8. The van der Waals surface area contributed by atoms with Crippen LogP contribution in [0.25, 0.3) is 66.3 Å². The number of aromatic nitrogens is 2. The number of nitrogens with zero attached hydrogens (tertiary/aromatic N) is 2. The van der Waals surface area contributed by atoms with Gasteiger partial charge in [-0.2, -0.15) is 0 Å². The van der Waals surface area contributed by atoms with Gasteiger partial charge in [-0.25, -0.2) is 0 Å². The Bertz CT molecular complexity index is 2930. The van der Waals surface area contributed by atoms with Crippen molar-refractivity contribution in [3.8, 4) is 33.6 Å². The Morgan fingerprint density at radius 2 is 1.00 bits per heavy atom. The summed E-state index contributed by atoms with van der Waals surface area (Å²) in [6.07, 6.45) is 2.20. The van der Waals surface area contributed by atoms with Gasteiger partial charge in [-0.3, -0.25) is 0 Å². The van der Waals surface area contributed by atoms with E-state index in [4.69, 9.17) is 0 Å². The van der Waals surface area contributed by atoms with Crippen molar-refractivity contribution in [1.82, 2.24) is 9.13 Å². The van der Waals surface area contributed by atoms with E-state index in [2.05, 4.69) is 216 Å². The summed E-state index contributed by atoms with van der Waals surface area (Å²) in [4.78, 5) is 0. The lowest BCUT2D eigenvalue weighted by molar-refractivity contribution is 0.769. The van der Waals surface area contributed by atoms with Crippen LogP contribution >= 0.6 is 0 Å². The SMILES string of the molecule is c1ccc(-n2ccc3ccc4c5ccccc5n(-c5ccc(-c6ccc7c(c6)C(c6ccccc6)(c6ccccc6)c6ccccc6-7)cc5)c4c32)cc1. The van der Waals surface area contributed by atoms with Crippen molar-refractivity contribution in [3.05, 3.63) is 229 Å². The molecular formula is C51H34N2. The lowest BCUT2D eigenvalue weighted by atomic mass is 9.67. The van der Waals surface area contributed by atoms with Gasteiger partial charge in [0.2, 0.25) is 0 Å². The van der Waals surface area contributed by atoms with Gasteiger partial charge in [0.15, 0.2) is 0 Å². The monoisotopic (exact) mass is 674 g/mol. The molecule has 2 heterocycles. The Balaban J connectivity index is 1.10. The Morgan fingerprint density at radius 3 is 1.75 bits per heavy atom. The highest BCUT2D eigenvalue weighted by molar-refractivity contribution is 6.18. The molecule has 0 fully saturated rings. The van der Waals surface area contributed by atoms with E-state index >= 15 is 0 Å². The average Bonchev–Trinajstić information content (AvgIpc) is 3.91. The minimum Gasteiger partial charge on any atom is -0.315 e. The first kappa shape index (κ1) is 29.8. The molecule has 1 aliphatic carbocycles. The van der Waals surface area contributed by atoms with Gasteiger partial charge in [0, 0.05) is 33.7 Å². The number of benzene rings is 8. The topological polar surface area (TPSA) is 9.86 Å². The van der Waals surface area contributed by atoms with E-state index in [1.807, 2.05) is 0 Å². The summed E-state index contributed by atoms with van der Waals surface area (Å²) >= 11 is 0. The molecule has 10 aromatic rings. The van der Waals surface area contributed by atoms with Crippen molar-refractivity contribution in [2.75, 3.05) is 0 Å². The van der Waals surface area contributed by atoms with E-state index in [-0.39, 0.29) is 0 Å². The molecule has 0 bridgehead atoms. The molecule has 0 unspecified atom stereocenters. The van der Waals surface area contributed by atoms with Crippen LogP contribution in [0.2, 0.25) is 0 Å². The lowest BCUT2D eigenvalue weighted by Crippen LogP contribution is -2.28. The van der Waals surface area contributed by atoms with Crippen molar-refractivity contribution in [3.63, 3.8) is 0 Å². The zero-order valence-corrected chi connectivity index (χ0v) is 29.0. The van der Waals surface area contributed by atoms with Gasteiger partial charge in [-0.1, -0.05) is 158 Å². The molecule has 0 radical (unpaired) electrons. The quantitative estimate of drug-likeness (QED) is 0.172. The number of hydrogen-bond acceptors (Lipinski definition) is 0. The molecule has 0 N–H and O–H groups in total. The van der Waals surface area contributed by atoms with Crippen molar-refractivity contribution in [1.29, 1.82) is 0 Å².